The molecule has 0 aromatic heterocycles. The smallest absolute Gasteiger partial charge is 0.344 e. The van der Waals surface area contributed by atoms with E-state index in [1.54, 1.807) is 0 Å². The van der Waals surface area contributed by atoms with E-state index in [9.17, 15) is 18.0 Å². The van der Waals surface area contributed by atoms with E-state index in [0.717, 1.165) is 0 Å². The summed E-state index contributed by atoms with van der Waals surface area (Å²) in [6, 6.07) is 0.453. The number of benzene rings is 1. The van der Waals surface area contributed by atoms with Crippen LogP contribution >= 0.6 is 11.6 Å². The van der Waals surface area contributed by atoms with Gasteiger partial charge in [-0.2, -0.15) is 0 Å². The summed E-state index contributed by atoms with van der Waals surface area (Å²) in [5.41, 5.74) is -1.11. The van der Waals surface area contributed by atoms with Gasteiger partial charge in [-0.25, -0.2) is 18.0 Å². The summed E-state index contributed by atoms with van der Waals surface area (Å²) < 4.78 is 43.4. The number of rotatable bonds is 2. The molecule has 0 spiro atoms. The van der Waals surface area contributed by atoms with Crippen LogP contribution in [0.1, 0.15) is 17.3 Å². The molecule has 0 aliphatic heterocycles. The van der Waals surface area contributed by atoms with Gasteiger partial charge in [-0.05, 0) is 13.0 Å². The summed E-state index contributed by atoms with van der Waals surface area (Å²) in [5.74, 6) is -5.61. The van der Waals surface area contributed by atoms with Gasteiger partial charge in [0.2, 0.25) is 0 Å². The first-order chi connectivity index (χ1) is 6.99. The molecule has 1 aromatic rings. The van der Waals surface area contributed by atoms with Gasteiger partial charge in [-0.15, -0.1) is 0 Å². The number of hydrogen-bond donors (Lipinski definition) is 0. The van der Waals surface area contributed by atoms with E-state index >= 15 is 0 Å². The van der Waals surface area contributed by atoms with Crippen molar-refractivity contribution in [2.75, 3.05) is 6.61 Å². The molecule has 0 unspecified atom stereocenters. The fourth-order valence-corrected chi connectivity index (χ4v) is 1.15. The number of halogens is 4. The highest BCUT2D eigenvalue weighted by molar-refractivity contribution is 6.31. The minimum atomic E-state index is -1.60. The zero-order valence-electron chi connectivity index (χ0n) is 7.61. The fourth-order valence-electron chi connectivity index (χ4n) is 0.956. The first-order valence-corrected chi connectivity index (χ1v) is 4.37. The Morgan fingerprint density at radius 2 is 2.00 bits per heavy atom. The molecule has 0 atom stereocenters. The van der Waals surface area contributed by atoms with Crippen LogP contribution in [0.3, 0.4) is 0 Å². The lowest BCUT2D eigenvalue weighted by Gasteiger charge is -2.06. The van der Waals surface area contributed by atoms with Gasteiger partial charge < -0.3 is 4.74 Å². The van der Waals surface area contributed by atoms with Crippen molar-refractivity contribution in [3.63, 3.8) is 0 Å². The average molecular weight is 239 g/mol. The van der Waals surface area contributed by atoms with Crippen molar-refractivity contribution >= 4 is 17.6 Å². The molecule has 82 valence electrons. The van der Waals surface area contributed by atoms with Crippen molar-refractivity contribution in [2.24, 2.45) is 0 Å². The third kappa shape index (κ3) is 2.23. The van der Waals surface area contributed by atoms with Gasteiger partial charge in [0.25, 0.3) is 0 Å². The van der Waals surface area contributed by atoms with Gasteiger partial charge in [-0.3, -0.25) is 0 Å². The largest absolute Gasteiger partial charge is 0.462 e. The highest BCUT2D eigenvalue weighted by Crippen LogP contribution is 2.24. The Labute approximate surface area is 88.6 Å². The summed E-state index contributed by atoms with van der Waals surface area (Å²) in [7, 11) is 0. The summed E-state index contributed by atoms with van der Waals surface area (Å²) >= 11 is 5.25. The Morgan fingerprint density at radius 1 is 1.40 bits per heavy atom. The third-order valence-corrected chi connectivity index (χ3v) is 1.87. The molecule has 0 fully saturated rings. The van der Waals surface area contributed by atoms with Crippen LogP contribution in [0.5, 0.6) is 0 Å². The van der Waals surface area contributed by atoms with Crippen LogP contribution in [0.25, 0.3) is 0 Å². The zero-order valence-corrected chi connectivity index (χ0v) is 8.37. The van der Waals surface area contributed by atoms with Gasteiger partial charge in [0, 0.05) is 0 Å². The molecular formula is C9H6ClF3O2. The SMILES string of the molecule is CCOC(=O)c1c(F)c(F)cc(Cl)c1F. The van der Waals surface area contributed by atoms with Crippen LogP contribution in [0.15, 0.2) is 6.07 Å². The average Bonchev–Trinajstić information content (AvgIpc) is 2.16. The first-order valence-electron chi connectivity index (χ1n) is 3.99. The monoisotopic (exact) mass is 238 g/mol. The highest BCUT2D eigenvalue weighted by atomic mass is 35.5. The van der Waals surface area contributed by atoms with Crippen LogP contribution in [-0.2, 0) is 4.74 Å². The highest BCUT2D eigenvalue weighted by Gasteiger charge is 2.24. The summed E-state index contributed by atoms with van der Waals surface area (Å²) in [6.07, 6.45) is 0. The molecule has 0 aliphatic rings. The Morgan fingerprint density at radius 3 is 2.53 bits per heavy atom. The summed E-state index contributed by atoms with van der Waals surface area (Å²) in [5, 5.41) is -0.669. The molecule has 0 amide bonds. The fraction of sp³-hybridized carbons (Fsp3) is 0.222. The van der Waals surface area contributed by atoms with Gasteiger partial charge in [0.15, 0.2) is 17.5 Å². The number of esters is 1. The molecule has 1 rings (SSSR count). The molecule has 0 heterocycles. The topological polar surface area (TPSA) is 26.3 Å². The molecular weight excluding hydrogens is 233 g/mol. The van der Waals surface area contributed by atoms with Crippen LogP contribution in [0.4, 0.5) is 13.2 Å². The van der Waals surface area contributed by atoms with Crippen LogP contribution in [0, 0.1) is 17.5 Å². The Bertz CT molecular complexity index is 381. The predicted octanol–water partition coefficient (Wildman–Crippen LogP) is 2.93. The second-order valence-corrected chi connectivity index (χ2v) is 2.97. The van der Waals surface area contributed by atoms with Crippen molar-refractivity contribution in [3.8, 4) is 0 Å². The Balaban J connectivity index is 3.32. The van der Waals surface area contributed by atoms with Crippen LogP contribution < -0.4 is 0 Å². The van der Waals surface area contributed by atoms with E-state index in [2.05, 4.69) is 4.74 Å². The van der Waals surface area contributed by atoms with E-state index in [1.165, 1.54) is 6.92 Å². The summed E-state index contributed by atoms with van der Waals surface area (Å²) in [6.45, 7) is 1.38. The van der Waals surface area contributed by atoms with Crippen LogP contribution in [0.2, 0.25) is 5.02 Å². The standard InChI is InChI=1S/C9H6ClF3O2/c1-2-15-9(14)6-7(12)4(10)3-5(11)8(6)13/h3H,2H2,1H3. The molecule has 0 saturated carbocycles. The molecule has 2 nitrogen and oxygen atoms in total. The minimum Gasteiger partial charge on any atom is -0.462 e. The maximum absolute atomic E-state index is 13.2. The Kier molecular flexibility index (Phi) is 3.57. The van der Waals surface area contributed by atoms with Crippen molar-refractivity contribution in [1.82, 2.24) is 0 Å². The van der Waals surface area contributed by atoms with Crippen molar-refractivity contribution in [3.05, 3.63) is 34.1 Å². The van der Waals surface area contributed by atoms with E-state index < -0.39 is 34.0 Å². The molecule has 0 radical (unpaired) electrons. The van der Waals surface area contributed by atoms with E-state index in [-0.39, 0.29) is 6.61 Å². The summed E-state index contributed by atoms with van der Waals surface area (Å²) in [4.78, 5) is 11.1. The third-order valence-electron chi connectivity index (χ3n) is 1.59. The quantitative estimate of drug-likeness (QED) is 0.585. The van der Waals surface area contributed by atoms with Crippen molar-refractivity contribution in [2.45, 2.75) is 6.92 Å². The van der Waals surface area contributed by atoms with Crippen LogP contribution in [-0.4, -0.2) is 12.6 Å². The number of hydrogen-bond acceptors (Lipinski definition) is 2. The molecule has 6 heteroatoms. The molecule has 0 bridgehead atoms. The normalized spacial score (nSPS) is 10.2. The molecule has 0 N–H and O–H groups in total. The van der Waals surface area contributed by atoms with Crippen molar-refractivity contribution < 1.29 is 22.7 Å². The Hall–Kier alpha value is -1.23. The molecule has 1 aromatic carbocycles. The number of carbonyl (C=O) groups is 1. The van der Waals surface area contributed by atoms with Gasteiger partial charge in [0.05, 0.1) is 11.6 Å². The molecule has 15 heavy (non-hydrogen) atoms. The lowest BCUT2D eigenvalue weighted by molar-refractivity contribution is 0.0514. The van der Waals surface area contributed by atoms with Gasteiger partial charge in [0.1, 0.15) is 5.56 Å². The maximum atomic E-state index is 13.2. The number of ether oxygens (including phenoxy) is 1. The van der Waals surface area contributed by atoms with E-state index in [1.807, 2.05) is 0 Å². The van der Waals surface area contributed by atoms with E-state index in [4.69, 9.17) is 11.6 Å². The lowest BCUT2D eigenvalue weighted by atomic mass is 10.2. The van der Waals surface area contributed by atoms with Gasteiger partial charge >= 0.3 is 5.97 Å². The zero-order chi connectivity index (χ0) is 11.6. The second-order valence-electron chi connectivity index (χ2n) is 2.56. The first kappa shape index (κ1) is 11.8. The van der Waals surface area contributed by atoms with E-state index in [0.29, 0.717) is 6.07 Å². The molecule has 0 aliphatic carbocycles. The van der Waals surface area contributed by atoms with Crippen molar-refractivity contribution in [1.29, 1.82) is 0 Å². The maximum Gasteiger partial charge on any atom is 0.344 e. The molecule has 0 saturated heterocycles. The minimum absolute atomic E-state index is 0.0775. The van der Waals surface area contributed by atoms with Gasteiger partial charge in [-0.1, -0.05) is 11.6 Å². The number of carbonyl (C=O) groups excluding carboxylic acids is 1. The lowest BCUT2D eigenvalue weighted by Crippen LogP contribution is -2.11. The second kappa shape index (κ2) is 4.53. The predicted molar refractivity (Wildman–Crippen MR) is 47.3 cm³/mol.